The predicted octanol–water partition coefficient (Wildman–Crippen LogP) is 6.03. The van der Waals surface area contributed by atoms with E-state index in [0.717, 1.165) is 5.56 Å². The van der Waals surface area contributed by atoms with Gasteiger partial charge >= 0.3 is 6.36 Å². The third-order valence-corrected chi connectivity index (χ3v) is 8.96. The van der Waals surface area contributed by atoms with Crippen LogP contribution in [0.15, 0.2) is 90.0 Å². The minimum atomic E-state index is -4.78. The van der Waals surface area contributed by atoms with Gasteiger partial charge in [-0.05, 0) is 91.1 Å². The highest BCUT2D eigenvalue weighted by atomic mass is 32.2. The van der Waals surface area contributed by atoms with Gasteiger partial charge < -0.3 is 15.8 Å². The summed E-state index contributed by atoms with van der Waals surface area (Å²) in [5.74, 6) is -0.374. The van der Waals surface area contributed by atoms with Crippen LogP contribution in [0.1, 0.15) is 24.4 Å². The molecule has 1 atom stereocenters. The third kappa shape index (κ3) is 7.04. The van der Waals surface area contributed by atoms with Crippen molar-refractivity contribution in [2.75, 3.05) is 18.4 Å². The van der Waals surface area contributed by atoms with Crippen LogP contribution in [0.25, 0.3) is 11.3 Å². The lowest BCUT2D eigenvalue weighted by Crippen LogP contribution is -2.40. The van der Waals surface area contributed by atoms with Crippen LogP contribution in [0.5, 0.6) is 5.75 Å². The van der Waals surface area contributed by atoms with Crippen molar-refractivity contribution < 1.29 is 30.7 Å². The Kier molecular flexibility index (Phi) is 8.43. The van der Waals surface area contributed by atoms with Gasteiger partial charge in [-0.15, -0.1) is 13.2 Å². The van der Waals surface area contributed by atoms with E-state index in [1.165, 1.54) is 59.0 Å². The van der Waals surface area contributed by atoms with Crippen LogP contribution in [-0.4, -0.2) is 42.1 Å². The second-order valence-corrected chi connectivity index (χ2v) is 11.7. The Morgan fingerprint density at radius 1 is 0.929 bits per heavy atom. The molecule has 1 fully saturated rings. The Morgan fingerprint density at radius 3 is 2.19 bits per heavy atom. The SMILES string of the molecule is N[C@H](c1ccc(F)cc1)C1CCN(S(=O)(=O)c2ccc(Nc3nccc(-c4ccc(OC(F)(F)F)cc4)n3)cc2)CC1. The van der Waals surface area contributed by atoms with Crippen LogP contribution < -0.4 is 15.8 Å². The molecule has 5 rings (SSSR count). The van der Waals surface area contributed by atoms with Gasteiger partial charge in [0.1, 0.15) is 11.6 Å². The van der Waals surface area contributed by atoms with Crippen LogP contribution in [0.2, 0.25) is 0 Å². The molecule has 0 radical (unpaired) electrons. The molecule has 13 heteroatoms. The number of benzene rings is 3. The zero-order valence-corrected chi connectivity index (χ0v) is 22.9. The van der Waals surface area contributed by atoms with E-state index in [9.17, 15) is 26.0 Å². The molecule has 3 aromatic carbocycles. The molecule has 8 nitrogen and oxygen atoms in total. The van der Waals surface area contributed by atoms with E-state index < -0.39 is 16.4 Å². The van der Waals surface area contributed by atoms with Crippen molar-refractivity contribution in [1.29, 1.82) is 0 Å². The number of nitrogens with zero attached hydrogens (tertiary/aromatic N) is 3. The molecule has 42 heavy (non-hydrogen) atoms. The van der Waals surface area contributed by atoms with E-state index in [2.05, 4.69) is 20.0 Å². The predicted molar refractivity (Wildman–Crippen MR) is 149 cm³/mol. The maximum absolute atomic E-state index is 13.3. The van der Waals surface area contributed by atoms with E-state index in [1.807, 2.05) is 0 Å². The summed E-state index contributed by atoms with van der Waals surface area (Å²) in [4.78, 5) is 8.70. The van der Waals surface area contributed by atoms with Gasteiger partial charge in [0.05, 0.1) is 10.6 Å². The summed E-state index contributed by atoms with van der Waals surface area (Å²) < 4.78 is 82.4. The van der Waals surface area contributed by atoms with Gasteiger partial charge in [-0.25, -0.2) is 22.8 Å². The fourth-order valence-corrected chi connectivity index (χ4v) is 6.30. The Balaban J connectivity index is 1.20. The van der Waals surface area contributed by atoms with Crippen molar-refractivity contribution in [3.8, 4) is 17.0 Å². The minimum Gasteiger partial charge on any atom is -0.406 e. The van der Waals surface area contributed by atoms with Crippen molar-refractivity contribution in [3.63, 3.8) is 0 Å². The number of rotatable bonds is 8. The monoisotopic (exact) mass is 601 g/mol. The van der Waals surface area contributed by atoms with Crippen LogP contribution >= 0.6 is 0 Å². The van der Waals surface area contributed by atoms with Crippen LogP contribution in [0.3, 0.4) is 0 Å². The number of sulfonamides is 1. The van der Waals surface area contributed by atoms with E-state index >= 15 is 0 Å². The van der Waals surface area contributed by atoms with Gasteiger partial charge in [-0.3, -0.25) is 0 Å². The number of hydrogen-bond acceptors (Lipinski definition) is 7. The van der Waals surface area contributed by atoms with Crippen LogP contribution in [0.4, 0.5) is 29.2 Å². The molecule has 0 saturated carbocycles. The van der Waals surface area contributed by atoms with E-state index in [0.29, 0.717) is 42.9 Å². The molecule has 3 N–H and O–H groups in total. The molecule has 0 unspecified atom stereocenters. The summed E-state index contributed by atoms with van der Waals surface area (Å²) in [5, 5.41) is 3.01. The van der Waals surface area contributed by atoms with Crippen LogP contribution in [0, 0.1) is 11.7 Å². The molecule has 0 amide bonds. The number of nitrogens with one attached hydrogen (secondary N) is 1. The zero-order chi connectivity index (χ0) is 29.9. The normalized spacial score (nSPS) is 15.7. The molecule has 0 spiro atoms. The first-order chi connectivity index (χ1) is 20.0. The Hall–Kier alpha value is -4.07. The number of alkyl halides is 3. The quantitative estimate of drug-likeness (QED) is 0.238. The largest absolute Gasteiger partial charge is 0.573 e. The summed E-state index contributed by atoms with van der Waals surface area (Å²) in [6, 6.07) is 18.9. The fraction of sp³-hybridized carbons (Fsp3) is 0.241. The van der Waals surface area contributed by atoms with Gasteiger partial charge in [0.15, 0.2) is 0 Å². The summed E-state index contributed by atoms with van der Waals surface area (Å²) in [7, 11) is -3.73. The lowest BCUT2D eigenvalue weighted by molar-refractivity contribution is -0.274. The molecule has 1 saturated heterocycles. The second-order valence-electron chi connectivity index (χ2n) is 9.81. The zero-order valence-electron chi connectivity index (χ0n) is 22.1. The van der Waals surface area contributed by atoms with Gasteiger partial charge in [-0.2, -0.15) is 4.31 Å². The van der Waals surface area contributed by atoms with Crippen LogP contribution in [-0.2, 0) is 10.0 Å². The molecule has 1 aromatic heterocycles. The van der Waals surface area contributed by atoms with Gasteiger partial charge in [-0.1, -0.05) is 12.1 Å². The van der Waals surface area contributed by atoms with Crippen molar-refractivity contribution >= 4 is 21.7 Å². The third-order valence-electron chi connectivity index (χ3n) is 7.05. The van der Waals surface area contributed by atoms with Gasteiger partial charge in [0.2, 0.25) is 16.0 Å². The Morgan fingerprint density at radius 2 is 1.57 bits per heavy atom. The Bertz CT molecular complexity index is 1610. The maximum Gasteiger partial charge on any atom is 0.573 e. The maximum atomic E-state index is 13.3. The van der Waals surface area contributed by atoms with E-state index in [-0.39, 0.29) is 34.4 Å². The highest BCUT2D eigenvalue weighted by molar-refractivity contribution is 7.89. The summed E-state index contributed by atoms with van der Waals surface area (Å²) in [6.07, 6.45) is -2.11. The average Bonchev–Trinajstić information content (AvgIpc) is 2.97. The first-order valence-electron chi connectivity index (χ1n) is 13.1. The number of ether oxygens (including phenoxy) is 1. The van der Waals surface area contributed by atoms with Gasteiger partial charge in [0.25, 0.3) is 0 Å². The Labute approximate surface area is 240 Å². The number of piperidine rings is 1. The van der Waals surface area contributed by atoms with Gasteiger partial charge in [0, 0.05) is 36.6 Å². The summed E-state index contributed by atoms with van der Waals surface area (Å²) >= 11 is 0. The molecule has 4 aromatic rings. The molecule has 1 aliphatic heterocycles. The summed E-state index contributed by atoms with van der Waals surface area (Å²) in [6.45, 7) is 0.650. The fourth-order valence-electron chi connectivity index (χ4n) is 4.83. The lowest BCUT2D eigenvalue weighted by Gasteiger charge is -2.34. The highest BCUT2D eigenvalue weighted by Gasteiger charge is 2.32. The summed E-state index contributed by atoms with van der Waals surface area (Å²) in [5.41, 5.74) is 8.77. The number of hydrogen-bond donors (Lipinski definition) is 2. The standard InChI is InChI=1S/C29H27F4N5O3S/c30-22-5-1-20(2-6-22)27(34)21-14-17-38(18-15-21)42(39,40)25-11-7-23(8-12-25)36-28-35-16-13-26(37-28)19-3-9-24(10-4-19)41-29(31,32)33/h1-13,16,21,27H,14-15,17-18,34H2,(H,35,36,37)/t27-/m1/s1. The first-order valence-corrected chi connectivity index (χ1v) is 14.5. The molecule has 220 valence electrons. The topological polar surface area (TPSA) is 110 Å². The highest BCUT2D eigenvalue weighted by Crippen LogP contribution is 2.32. The number of anilines is 2. The molecule has 0 aliphatic carbocycles. The second kappa shape index (κ2) is 12.0. The van der Waals surface area contributed by atoms with E-state index in [4.69, 9.17) is 5.73 Å². The van der Waals surface area contributed by atoms with Crippen molar-refractivity contribution in [3.05, 3.63) is 96.4 Å². The van der Waals surface area contributed by atoms with Crippen molar-refractivity contribution in [1.82, 2.24) is 14.3 Å². The average molecular weight is 602 g/mol. The minimum absolute atomic E-state index is 0.0791. The smallest absolute Gasteiger partial charge is 0.406 e. The van der Waals surface area contributed by atoms with Crippen molar-refractivity contribution in [2.24, 2.45) is 11.7 Å². The number of aromatic nitrogens is 2. The molecular formula is C29H27F4N5O3S. The molecule has 1 aliphatic rings. The first kappa shape index (κ1) is 29.4. The number of nitrogens with two attached hydrogens (primary N) is 1. The van der Waals surface area contributed by atoms with E-state index in [1.54, 1.807) is 30.3 Å². The van der Waals surface area contributed by atoms with Crippen molar-refractivity contribution in [2.45, 2.75) is 30.1 Å². The number of halogens is 4. The molecule has 2 heterocycles. The molecular weight excluding hydrogens is 574 g/mol. The lowest BCUT2D eigenvalue weighted by atomic mass is 9.86. The molecule has 0 bridgehead atoms.